The molecule has 1 rings (SSSR count). The molecule has 0 fully saturated rings. The lowest BCUT2D eigenvalue weighted by atomic mass is 10.2. The lowest BCUT2D eigenvalue weighted by Crippen LogP contribution is -2.29. The van der Waals surface area contributed by atoms with E-state index in [1.165, 1.54) is 6.92 Å². The van der Waals surface area contributed by atoms with Crippen molar-refractivity contribution < 1.29 is 23.1 Å². The summed E-state index contributed by atoms with van der Waals surface area (Å²) in [5.74, 6) is -1.04. The van der Waals surface area contributed by atoms with Gasteiger partial charge in [0.2, 0.25) is 10.0 Å². The van der Waals surface area contributed by atoms with E-state index in [1.807, 2.05) is 13.8 Å². The molecule has 0 bridgehead atoms. The molecule has 0 unspecified atom stereocenters. The van der Waals surface area contributed by atoms with Crippen LogP contribution in [-0.2, 0) is 14.8 Å². The summed E-state index contributed by atoms with van der Waals surface area (Å²) in [6.07, 6.45) is 0. The Bertz CT molecular complexity index is 565. The first-order chi connectivity index (χ1) is 9.25. The van der Waals surface area contributed by atoms with E-state index in [4.69, 9.17) is 9.84 Å². The molecule has 0 aliphatic rings. The fourth-order valence-electron chi connectivity index (χ4n) is 1.53. The third-order valence-corrected chi connectivity index (χ3v) is 3.97. The summed E-state index contributed by atoms with van der Waals surface area (Å²) < 4.78 is 31.6. The van der Waals surface area contributed by atoms with Gasteiger partial charge in [-0.15, -0.1) is 0 Å². The van der Waals surface area contributed by atoms with Gasteiger partial charge in [0.25, 0.3) is 0 Å². The highest BCUT2D eigenvalue weighted by atomic mass is 32.2. The molecule has 0 aromatic carbocycles. The summed E-state index contributed by atoms with van der Waals surface area (Å²) in [7, 11) is -3.93. The van der Waals surface area contributed by atoms with Gasteiger partial charge in [0.1, 0.15) is 4.90 Å². The van der Waals surface area contributed by atoms with Gasteiger partial charge in [-0.1, -0.05) is 13.8 Å². The molecule has 0 spiro atoms. The maximum Gasteiger partial charge on any atom is 0.357 e. The van der Waals surface area contributed by atoms with Gasteiger partial charge in [-0.2, -0.15) is 5.10 Å². The van der Waals surface area contributed by atoms with Crippen molar-refractivity contribution in [1.29, 1.82) is 0 Å². The average molecular weight is 305 g/mol. The number of carboxylic acid groups (broad SMARTS) is 1. The molecule has 0 saturated carbocycles. The topological polar surface area (TPSA) is 121 Å². The highest BCUT2D eigenvalue weighted by molar-refractivity contribution is 7.89. The Kier molecular flexibility index (Phi) is 5.66. The minimum Gasteiger partial charge on any atom is -0.476 e. The maximum atomic E-state index is 12.0. The largest absolute Gasteiger partial charge is 0.476 e. The maximum absolute atomic E-state index is 12.0. The molecule has 0 aliphatic carbocycles. The van der Waals surface area contributed by atoms with E-state index in [0.29, 0.717) is 12.5 Å². The number of aromatic nitrogens is 2. The molecular formula is C11H19N3O5S. The molecule has 114 valence electrons. The number of carboxylic acids is 1. The normalized spacial score (nSPS) is 12.0. The minimum absolute atomic E-state index is 0.0682. The summed E-state index contributed by atoms with van der Waals surface area (Å²) in [4.78, 5) is 10.6. The smallest absolute Gasteiger partial charge is 0.357 e. The van der Waals surface area contributed by atoms with Gasteiger partial charge >= 0.3 is 5.97 Å². The number of H-pyrrole nitrogens is 1. The van der Waals surface area contributed by atoms with Crippen molar-refractivity contribution in [3.05, 3.63) is 11.4 Å². The van der Waals surface area contributed by atoms with Crippen LogP contribution in [0.2, 0.25) is 0 Å². The first kappa shape index (κ1) is 16.6. The molecular weight excluding hydrogens is 286 g/mol. The molecule has 1 aromatic rings. The number of sulfonamides is 1. The predicted octanol–water partition coefficient (Wildman–Crippen LogP) is 0.367. The molecule has 0 aliphatic heterocycles. The highest BCUT2D eigenvalue weighted by Gasteiger charge is 2.27. The number of rotatable bonds is 8. The number of nitrogens with one attached hydrogen (secondary N) is 2. The van der Waals surface area contributed by atoms with E-state index >= 15 is 0 Å². The summed E-state index contributed by atoms with van der Waals surface area (Å²) in [5.41, 5.74) is -0.337. The van der Waals surface area contributed by atoms with Crippen molar-refractivity contribution in [3.8, 4) is 0 Å². The number of aromatic carboxylic acids is 1. The Morgan fingerprint density at radius 1 is 1.50 bits per heavy atom. The second-order valence-electron chi connectivity index (χ2n) is 4.70. The molecule has 0 amide bonds. The van der Waals surface area contributed by atoms with Crippen LogP contribution in [0.5, 0.6) is 0 Å². The van der Waals surface area contributed by atoms with Gasteiger partial charge in [-0.25, -0.2) is 17.9 Å². The third-order valence-electron chi connectivity index (χ3n) is 2.35. The number of carbonyl (C=O) groups is 1. The van der Waals surface area contributed by atoms with Crippen LogP contribution in [0.15, 0.2) is 4.90 Å². The lowest BCUT2D eigenvalue weighted by molar-refractivity contribution is 0.0686. The molecule has 0 saturated heterocycles. The molecule has 3 N–H and O–H groups in total. The van der Waals surface area contributed by atoms with Crippen molar-refractivity contribution in [1.82, 2.24) is 14.9 Å². The Morgan fingerprint density at radius 2 is 2.15 bits per heavy atom. The molecule has 8 nitrogen and oxygen atoms in total. The van der Waals surface area contributed by atoms with E-state index in [9.17, 15) is 13.2 Å². The molecule has 1 heterocycles. The summed E-state index contributed by atoms with van der Waals surface area (Å²) in [6, 6.07) is 0. The van der Waals surface area contributed by atoms with E-state index in [-0.39, 0.29) is 23.7 Å². The van der Waals surface area contributed by atoms with E-state index in [2.05, 4.69) is 14.9 Å². The lowest BCUT2D eigenvalue weighted by Gasteiger charge is -2.09. The highest BCUT2D eigenvalue weighted by Crippen LogP contribution is 2.17. The first-order valence-corrected chi connectivity index (χ1v) is 7.59. The second-order valence-corrected chi connectivity index (χ2v) is 6.40. The van der Waals surface area contributed by atoms with Gasteiger partial charge in [0.05, 0.1) is 12.3 Å². The number of hydrogen-bond acceptors (Lipinski definition) is 5. The zero-order chi connectivity index (χ0) is 15.3. The van der Waals surface area contributed by atoms with Crippen molar-refractivity contribution in [2.75, 3.05) is 19.8 Å². The number of hydrogen-bond donors (Lipinski definition) is 3. The standard InChI is InChI=1S/C11H19N3O5S/c1-7(2)6-19-5-4-12-20(17,18)10-8(3)13-14-9(10)11(15)16/h7,12H,4-6H2,1-3H3,(H,13,14)(H,15,16). The second kappa shape index (κ2) is 6.82. The number of ether oxygens (including phenoxy) is 1. The number of nitrogens with zero attached hydrogens (tertiary/aromatic N) is 1. The van der Waals surface area contributed by atoms with Crippen LogP contribution in [0.1, 0.15) is 30.0 Å². The van der Waals surface area contributed by atoms with Gasteiger partial charge in [0, 0.05) is 13.2 Å². The molecule has 1 aromatic heterocycles. The van der Waals surface area contributed by atoms with Crippen molar-refractivity contribution in [3.63, 3.8) is 0 Å². The zero-order valence-corrected chi connectivity index (χ0v) is 12.5. The van der Waals surface area contributed by atoms with Gasteiger partial charge in [-0.3, -0.25) is 5.10 Å². The monoisotopic (exact) mass is 305 g/mol. The third kappa shape index (κ3) is 4.29. The summed E-state index contributed by atoms with van der Waals surface area (Å²) in [5, 5.41) is 14.7. The quantitative estimate of drug-likeness (QED) is 0.596. The van der Waals surface area contributed by atoms with E-state index < -0.39 is 21.7 Å². The van der Waals surface area contributed by atoms with E-state index in [1.54, 1.807) is 0 Å². The van der Waals surface area contributed by atoms with Crippen LogP contribution >= 0.6 is 0 Å². The molecule has 20 heavy (non-hydrogen) atoms. The number of aromatic amines is 1. The van der Waals surface area contributed by atoms with Crippen LogP contribution in [0.4, 0.5) is 0 Å². The molecule has 0 atom stereocenters. The van der Waals surface area contributed by atoms with Crippen molar-refractivity contribution >= 4 is 16.0 Å². The minimum atomic E-state index is -3.93. The fourth-order valence-corrected chi connectivity index (χ4v) is 2.86. The Labute approximate surface area is 117 Å². The van der Waals surface area contributed by atoms with E-state index in [0.717, 1.165) is 0 Å². The van der Waals surface area contributed by atoms with Crippen LogP contribution < -0.4 is 4.72 Å². The fraction of sp³-hybridized carbons (Fsp3) is 0.636. The predicted molar refractivity (Wildman–Crippen MR) is 71.1 cm³/mol. The van der Waals surface area contributed by atoms with Crippen LogP contribution in [0, 0.1) is 12.8 Å². The Hall–Kier alpha value is -1.45. The number of aryl methyl sites for hydroxylation is 1. The van der Waals surface area contributed by atoms with Crippen LogP contribution in [-0.4, -0.2) is 49.4 Å². The molecule has 0 radical (unpaired) electrons. The van der Waals surface area contributed by atoms with Gasteiger partial charge < -0.3 is 9.84 Å². The summed E-state index contributed by atoms with van der Waals surface area (Å²) in [6.45, 7) is 6.24. The van der Waals surface area contributed by atoms with Gasteiger partial charge in [-0.05, 0) is 12.8 Å². The average Bonchev–Trinajstić information content (AvgIpc) is 2.71. The first-order valence-electron chi connectivity index (χ1n) is 6.11. The molecule has 9 heteroatoms. The van der Waals surface area contributed by atoms with Crippen LogP contribution in [0.25, 0.3) is 0 Å². The van der Waals surface area contributed by atoms with Crippen molar-refractivity contribution in [2.45, 2.75) is 25.7 Å². The van der Waals surface area contributed by atoms with Crippen molar-refractivity contribution in [2.24, 2.45) is 5.92 Å². The van der Waals surface area contributed by atoms with Crippen LogP contribution in [0.3, 0.4) is 0 Å². The summed E-state index contributed by atoms with van der Waals surface area (Å²) >= 11 is 0. The van der Waals surface area contributed by atoms with Gasteiger partial charge in [0.15, 0.2) is 5.69 Å². The zero-order valence-electron chi connectivity index (χ0n) is 11.6. The Morgan fingerprint density at radius 3 is 2.70 bits per heavy atom. The SMILES string of the molecule is Cc1[nH]nc(C(=O)O)c1S(=O)(=O)NCCOCC(C)C. The Balaban J connectivity index is 2.70.